The number of ether oxygens (including phenoxy) is 2. The van der Waals surface area contributed by atoms with Gasteiger partial charge in [-0.25, -0.2) is 4.79 Å². The number of carbonyl (C=O) groups is 1. The molecule has 0 amide bonds. The minimum atomic E-state index is -0.895. The number of hydrogen-bond donors (Lipinski definition) is 2. The number of aryl methyl sites for hydroxylation is 1. The van der Waals surface area contributed by atoms with Crippen molar-refractivity contribution in [3.63, 3.8) is 0 Å². The maximum atomic E-state index is 11.4. The molecule has 5 rings (SSSR count). The predicted octanol–water partition coefficient (Wildman–Crippen LogP) is 4.46. The fourth-order valence-corrected chi connectivity index (χ4v) is 5.49. The standard InChI is InChI=1S/C25H28N2O4/c1-16-13-22(30-2)21(20-7-10-26-23(16)20)15-27-11-8-19-14-25(27,9-12-31-19)18-5-3-17(4-6-18)24(28)29/h3-7,10,13,19,26H,8-9,11-12,14-15H2,1-2H3,(H,28,29). The summed E-state index contributed by atoms with van der Waals surface area (Å²) in [6.07, 6.45) is 5.04. The van der Waals surface area contributed by atoms with Crippen LogP contribution in [0.4, 0.5) is 0 Å². The van der Waals surface area contributed by atoms with Crippen molar-refractivity contribution < 1.29 is 19.4 Å². The Hall–Kier alpha value is -2.83. The molecule has 0 saturated carbocycles. The highest BCUT2D eigenvalue weighted by atomic mass is 16.5. The van der Waals surface area contributed by atoms with E-state index in [1.807, 2.05) is 18.3 Å². The summed E-state index contributed by atoms with van der Waals surface area (Å²) in [6.45, 7) is 4.51. The van der Waals surface area contributed by atoms with Crippen LogP contribution in [0.25, 0.3) is 10.9 Å². The van der Waals surface area contributed by atoms with Crippen LogP contribution in [-0.4, -0.2) is 47.3 Å². The first kappa shape index (κ1) is 20.1. The van der Waals surface area contributed by atoms with Crippen molar-refractivity contribution in [3.05, 3.63) is 64.8 Å². The number of methoxy groups -OCH3 is 1. The van der Waals surface area contributed by atoms with Crippen LogP contribution in [0.1, 0.15) is 46.3 Å². The smallest absolute Gasteiger partial charge is 0.335 e. The quantitative estimate of drug-likeness (QED) is 0.637. The van der Waals surface area contributed by atoms with Gasteiger partial charge in [0.15, 0.2) is 0 Å². The Labute approximate surface area is 181 Å². The lowest BCUT2D eigenvalue weighted by Gasteiger charge is -2.53. The second-order valence-electron chi connectivity index (χ2n) is 8.71. The van der Waals surface area contributed by atoms with Gasteiger partial charge in [0, 0.05) is 42.4 Å². The molecule has 2 N–H and O–H groups in total. The van der Waals surface area contributed by atoms with Gasteiger partial charge in [-0.1, -0.05) is 12.1 Å². The zero-order chi connectivity index (χ0) is 21.6. The van der Waals surface area contributed by atoms with E-state index < -0.39 is 5.97 Å². The molecule has 0 aliphatic carbocycles. The number of fused-ring (bicyclic) bond motifs is 3. The molecule has 162 valence electrons. The average molecular weight is 421 g/mol. The summed E-state index contributed by atoms with van der Waals surface area (Å²) in [5.74, 6) is 0.0174. The van der Waals surface area contributed by atoms with E-state index in [1.165, 1.54) is 22.1 Å². The first-order valence-corrected chi connectivity index (χ1v) is 10.9. The third-order valence-corrected chi connectivity index (χ3v) is 7.11. The van der Waals surface area contributed by atoms with Crippen LogP contribution in [0.3, 0.4) is 0 Å². The Morgan fingerprint density at radius 1 is 1.32 bits per heavy atom. The molecule has 2 aliphatic rings. The summed E-state index contributed by atoms with van der Waals surface area (Å²) >= 11 is 0. The molecule has 6 nitrogen and oxygen atoms in total. The third kappa shape index (κ3) is 3.30. The third-order valence-electron chi connectivity index (χ3n) is 7.11. The Kier molecular flexibility index (Phi) is 4.99. The minimum absolute atomic E-state index is 0.170. The van der Waals surface area contributed by atoms with Crippen molar-refractivity contribution in [2.75, 3.05) is 20.3 Å². The minimum Gasteiger partial charge on any atom is -0.496 e. The number of benzene rings is 2. The van der Waals surface area contributed by atoms with E-state index in [2.05, 4.69) is 28.9 Å². The van der Waals surface area contributed by atoms with Crippen LogP contribution in [0.15, 0.2) is 42.6 Å². The molecule has 2 aromatic carbocycles. The first-order valence-electron chi connectivity index (χ1n) is 10.9. The van der Waals surface area contributed by atoms with Crippen molar-refractivity contribution >= 4 is 16.9 Å². The molecule has 2 atom stereocenters. The molecule has 2 saturated heterocycles. The molecule has 2 fully saturated rings. The van der Waals surface area contributed by atoms with Crippen molar-refractivity contribution in [1.29, 1.82) is 0 Å². The molecule has 3 heterocycles. The predicted molar refractivity (Wildman–Crippen MR) is 119 cm³/mol. The van der Waals surface area contributed by atoms with Crippen LogP contribution >= 0.6 is 0 Å². The number of rotatable bonds is 5. The Balaban J connectivity index is 1.58. The van der Waals surface area contributed by atoms with Crippen LogP contribution < -0.4 is 4.74 Å². The van der Waals surface area contributed by atoms with E-state index in [-0.39, 0.29) is 11.6 Å². The molecule has 3 aromatic rings. The van der Waals surface area contributed by atoms with Crippen molar-refractivity contribution in [3.8, 4) is 5.75 Å². The van der Waals surface area contributed by atoms with Crippen molar-refractivity contribution in [2.24, 2.45) is 0 Å². The Morgan fingerprint density at radius 3 is 2.87 bits per heavy atom. The van der Waals surface area contributed by atoms with Crippen LogP contribution in [-0.2, 0) is 16.8 Å². The van der Waals surface area contributed by atoms with Crippen molar-refractivity contribution in [2.45, 2.75) is 44.4 Å². The van der Waals surface area contributed by atoms with Gasteiger partial charge in [-0.05, 0) is 61.6 Å². The summed E-state index contributed by atoms with van der Waals surface area (Å²) in [5.41, 5.74) is 4.83. The second kappa shape index (κ2) is 7.70. The van der Waals surface area contributed by atoms with Gasteiger partial charge >= 0.3 is 5.97 Å². The number of aromatic amines is 1. The summed E-state index contributed by atoms with van der Waals surface area (Å²) < 4.78 is 11.8. The molecular formula is C25H28N2O4. The SMILES string of the molecule is COc1cc(C)c2[nH]ccc2c1CN1CCC2CC1(c1ccc(C(=O)O)cc1)CCO2. The number of aromatic nitrogens is 1. The van der Waals surface area contributed by atoms with Gasteiger partial charge in [-0.15, -0.1) is 0 Å². The largest absolute Gasteiger partial charge is 0.496 e. The zero-order valence-corrected chi connectivity index (χ0v) is 18.0. The van der Waals surface area contributed by atoms with Gasteiger partial charge in [-0.3, -0.25) is 4.90 Å². The number of H-pyrrole nitrogens is 1. The maximum absolute atomic E-state index is 11.4. The fraction of sp³-hybridized carbons (Fsp3) is 0.400. The lowest BCUT2D eigenvalue weighted by atomic mass is 9.75. The monoisotopic (exact) mass is 420 g/mol. The number of hydrogen-bond acceptors (Lipinski definition) is 4. The molecule has 0 spiro atoms. The number of nitrogens with zero attached hydrogens (tertiary/aromatic N) is 1. The van der Waals surface area contributed by atoms with E-state index in [9.17, 15) is 9.90 Å². The molecular weight excluding hydrogens is 392 g/mol. The van der Waals surface area contributed by atoms with Gasteiger partial charge in [0.05, 0.1) is 24.3 Å². The molecule has 2 unspecified atom stereocenters. The van der Waals surface area contributed by atoms with E-state index in [0.29, 0.717) is 12.2 Å². The highest BCUT2D eigenvalue weighted by Gasteiger charge is 2.46. The van der Waals surface area contributed by atoms with Crippen molar-refractivity contribution in [1.82, 2.24) is 9.88 Å². The van der Waals surface area contributed by atoms with E-state index in [4.69, 9.17) is 9.47 Å². The number of piperidine rings is 1. The molecule has 1 aromatic heterocycles. The Morgan fingerprint density at radius 2 is 2.13 bits per heavy atom. The molecule has 2 aliphatic heterocycles. The fourth-order valence-electron chi connectivity index (χ4n) is 5.49. The lowest BCUT2D eigenvalue weighted by molar-refractivity contribution is -0.120. The lowest BCUT2D eigenvalue weighted by Crippen LogP contribution is -2.56. The Bertz CT molecular complexity index is 1120. The summed E-state index contributed by atoms with van der Waals surface area (Å²) in [5, 5.41) is 10.5. The molecule has 2 bridgehead atoms. The van der Waals surface area contributed by atoms with Gasteiger partial charge < -0.3 is 19.6 Å². The second-order valence-corrected chi connectivity index (χ2v) is 8.71. The van der Waals surface area contributed by atoms with Gasteiger partial charge in [0.1, 0.15) is 5.75 Å². The summed E-state index contributed by atoms with van der Waals surface area (Å²) in [6, 6.07) is 11.7. The topological polar surface area (TPSA) is 74.8 Å². The highest BCUT2D eigenvalue weighted by molar-refractivity contribution is 5.88. The molecule has 0 radical (unpaired) electrons. The van der Waals surface area contributed by atoms with Crippen LogP contribution in [0.5, 0.6) is 5.75 Å². The van der Waals surface area contributed by atoms with Crippen LogP contribution in [0.2, 0.25) is 0 Å². The number of carboxylic acid groups (broad SMARTS) is 1. The van der Waals surface area contributed by atoms with Gasteiger partial charge in [0.25, 0.3) is 0 Å². The molecule has 31 heavy (non-hydrogen) atoms. The summed E-state index contributed by atoms with van der Waals surface area (Å²) in [4.78, 5) is 17.3. The number of likely N-dealkylation sites (tertiary alicyclic amines) is 1. The summed E-state index contributed by atoms with van der Waals surface area (Å²) in [7, 11) is 1.73. The number of carboxylic acids is 1. The molecule has 6 heteroatoms. The number of aromatic carboxylic acids is 1. The normalized spacial score (nSPS) is 23.7. The van der Waals surface area contributed by atoms with Crippen LogP contribution in [0, 0.1) is 6.92 Å². The van der Waals surface area contributed by atoms with E-state index >= 15 is 0 Å². The zero-order valence-electron chi connectivity index (χ0n) is 18.0. The maximum Gasteiger partial charge on any atom is 0.335 e. The average Bonchev–Trinajstić information content (AvgIpc) is 3.28. The first-order chi connectivity index (χ1) is 15.0. The van der Waals surface area contributed by atoms with E-state index in [0.717, 1.165) is 43.6 Å². The van der Waals surface area contributed by atoms with Gasteiger partial charge in [-0.2, -0.15) is 0 Å². The highest BCUT2D eigenvalue weighted by Crippen LogP contribution is 2.46. The van der Waals surface area contributed by atoms with Gasteiger partial charge in [0.2, 0.25) is 0 Å². The van der Waals surface area contributed by atoms with E-state index in [1.54, 1.807) is 19.2 Å². The number of nitrogens with one attached hydrogen (secondary N) is 1.